The molecule has 1 unspecified atom stereocenters. The third-order valence-electron chi connectivity index (χ3n) is 4.18. The Morgan fingerprint density at radius 1 is 1.47 bits per heavy atom. The van der Waals surface area contributed by atoms with Crippen molar-refractivity contribution in [2.45, 2.75) is 45.2 Å². The Kier molecular flexibility index (Phi) is 3.19. The number of rotatable bonds is 4. The van der Waals surface area contributed by atoms with Crippen molar-refractivity contribution in [1.29, 1.82) is 0 Å². The number of aromatic nitrogens is 1. The first kappa shape index (κ1) is 12.5. The molecule has 1 aromatic heterocycles. The monoisotopic (exact) mass is 260 g/mol. The van der Waals surface area contributed by atoms with E-state index in [0.717, 1.165) is 17.5 Å². The average Bonchev–Trinajstić information content (AvgIpc) is 2.63. The summed E-state index contributed by atoms with van der Waals surface area (Å²) in [5, 5.41) is 0. The summed E-state index contributed by atoms with van der Waals surface area (Å²) < 4.78 is 7.01. The number of hydrogen-bond acceptors (Lipinski definition) is 3. The first-order chi connectivity index (χ1) is 9.20. The zero-order valence-corrected chi connectivity index (χ0v) is 11.3. The molecule has 1 aliphatic carbocycles. The fraction of sp³-hybridized carbons (Fsp3) is 0.533. The van der Waals surface area contributed by atoms with Gasteiger partial charge >= 0.3 is 5.76 Å². The molecule has 1 aromatic carbocycles. The maximum Gasteiger partial charge on any atom is 0.419 e. The van der Waals surface area contributed by atoms with Gasteiger partial charge in [-0.15, -0.1) is 0 Å². The molecule has 4 nitrogen and oxygen atoms in total. The van der Waals surface area contributed by atoms with Gasteiger partial charge in [0.25, 0.3) is 0 Å². The van der Waals surface area contributed by atoms with Crippen molar-refractivity contribution in [1.82, 2.24) is 4.57 Å². The van der Waals surface area contributed by atoms with Crippen LogP contribution >= 0.6 is 0 Å². The Morgan fingerprint density at radius 3 is 2.89 bits per heavy atom. The molecule has 102 valence electrons. The number of hydrogen-bond donors (Lipinski definition) is 1. The molecule has 0 aliphatic heterocycles. The van der Waals surface area contributed by atoms with E-state index < -0.39 is 0 Å². The Morgan fingerprint density at radius 2 is 2.26 bits per heavy atom. The van der Waals surface area contributed by atoms with Crippen molar-refractivity contribution in [3.8, 4) is 0 Å². The summed E-state index contributed by atoms with van der Waals surface area (Å²) in [5.74, 6) is 0.313. The smallest absolute Gasteiger partial charge is 0.408 e. The van der Waals surface area contributed by atoms with Crippen LogP contribution in [0.3, 0.4) is 0 Å². The molecule has 1 saturated carbocycles. The Balaban J connectivity index is 1.99. The molecule has 19 heavy (non-hydrogen) atoms. The zero-order valence-electron chi connectivity index (χ0n) is 11.3. The molecule has 3 rings (SSSR count). The van der Waals surface area contributed by atoms with Gasteiger partial charge in [0.2, 0.25) is 0 Å². The normalized spacial score (nSPS) is 17.6. The van der Waals surface area contributed by atoms with E-state index in [1.165, 1.54) is 19.3 Å². The average molecular weight is 260 g/mol. The van der Waals surface area contributed by atoms with Crippen LogP contribution in [0.1, 0.15) is 44.2 Å². The van der Waals surface area contributed by atoms with Gasteiger partial charge in [0.15, 0.2) is 5.58 Å². The van der Waals surface area contributed by atoms with Gasteiger partial charge in [-0.05, 0) is 42.9 Å². The van der Waals surface area contributed by atoms with Crippen LogP contribution in [0, 0.1) is 5.92 Å². The lowest BCUT2D eigenvalue weighted by Crippen LogP contribution is -2.26. The highest BCUT2D eigenvalue weighted by atomic mass is 16.4. The van der Waals surface area contributed by atoms with Gasteiger partial charge in [0.1, 0.15) is 0 Å². The van der Waals surface area contributed by atoms with Crippen LogP contribution in [0.2, 0.25) is 0 Å². The summed E-state index contributed by atoms with van der Waals surface area (Å²) in [5.41, 5.74) is 8.88. The topological polar surface area (TPSA) is 61.2 Å². The SMILES string of the molecule is CCCn1c(=O)oc2cc(C(N)C3CCC3)ccc21. The highest BCUT2D eigenvalue weighted by Crippen LogP contribution is 2.36. The van der Waals surface area contributed by atoms with Crippen LogP contribution in [0.5, 0.6) is 0 Å². The molecule has 0 radical (unpaired) electrons. The van der Waals surface area contributed by atoms with E-state index in [0.29, 0.717) is 18.0 Å². The Hall–Kier alpha value is -1.55. The van der Waals surface area contributed by atoms with Crippen LogP contribution in [-0.4, -0.2) is 4.57 Å². The number of nitrogens with two attached hydrogens (primary N) is 1. The lowest BCUT2D eigenvalue weighted by Gasteiger charge is -2.31. The second-order valence-electron chi connectivity index (χ2n) is 5.46. The first-order valence-corrected chi connectivity index (χ1v) is 7.09. The van der Waals surface area contributed by atoms with Gasteiger partial charge in [-0.2, -0.15) is 0 Å². The summed E-state index contributed by atoms with van der Waals surface area (Å²) in [6, 6.07) is 6.00. The predicted molar refractivity (Wildman–Crippen MR) is 75.0 cm³/mol. The van der Waals surface area contributed by atoms with Gasteiger partial charge in [-0.25, -0.2) is 4.79 Å². The molecular formula is C15H20N2O2. The second kappa shape index (κ2) is 4.85. The quantitative estimate of drug-likeness (QED) is 0.919. The molecule has 1 aliphatic rings. The van der Waals surface area contributed by atoms with Crippen molar-refractivity contribution < 1.29 is 4.42 Å². The third kappa shape index (κ3) is 2.10. The molecule has 4 heteroatoms. The molecular weight excluding hydrogens is 240 g/mol. The molecule has 0 bridgehead atoms. The highest BCUT2D eigenvalue weighted by molar-refractivity contribution is 5.74. The van der Waals surface area contributed by atoms with Crippen LogP contribution in [0.4, 0.5) is 0 Å². The van der Waals surface area contributed by atoms with E-state index in [4.69, 9.17) is 10.2 Å². The zero-order chi connectivity index (χ0) is 13.4. The fourth-order valence-electron chi connectivity index (χ4n) is 2.80. The van der Waals surface area contributed by atoms with Crippen molar-refractivity contribution in [3.05, 3.63) is 34.3 Å². The summed E-state index contributed by atoms with van der Waals surface area (Å²) in [6.45, 7) is 2.74. The summed E-state index contributed by atoms with van der Waals surface area (Å²) in [7, 11) is 0. The van der Waals surface area contributed by atoms with Gasteiger partial charge in [0, 0.05) is 12.6 Å². The number of aryl methyl sites for hydroxylation is 1. The molecule has 1 fully saturated rings. The number of benzene rings is 1. The number of nitrogens with zero attached hydrogens (tertiary/aromatic N) is 1. The summed E-state index contributed by atoms with van der Waals surface area (Å²) >= 11 is 0. The maximum absolute atomic E-state index is 11.8. The van der Waals surface area contributed by atoms with Crippen molar-refractivity contribution in [2.75, 3.05) is 0 Å². The standard InChI is InChI=1S/C15H20N2O2/c1-2-8-17-12-7-6-11(9-13(12)19-15(17)18)14(16)10-4-3-5-10/h6-7,9-10,14H,2-5,8,16H2,1H3. The Bertz CT molecular complexity index is 637. The van der Waals surface area contributed by atoms with E-state index in [1.54, 1.807) is 4.57 Å². The third-order valence-corrected chi connectivity index (χ3v) is 4.18. The molecule has 1 heterocycles. The highest BCUT2D eigenvalue weighted by Gasteiger charge is 2.26. The number of fused-ring (bicyclic) bond motifs is 1. The maximum atomic E-state index is 11.8. The predicted octanol–water partition coefficient (Wildman–Crippen LogP) is 2.80. The van der Waals surface area contributed by atoms with Gasteiger partial charge < -0.3 is 10.2 Å². The molecule has 0 saturated heterocycles. The van der Waals surface area contributed by atoms with E-state index in [9.17, 15) is 4.79 Å². The molecule has 2 N–H and O–H groups in total. The summed E-state index contributed by atoms with van der Waals surface area (Å²) in [6.07, 6.45) is 4.61. The van der Waals surface area contributed by atoms with E-state index in [-0.39, 0.29) is 11.8 Å². The summed E-state index contributed by atoms with van der Waals surface area (Å²) in [4.78, 5) is 11.8. The van der Waals surface area contributed by atoms with Crippen LogP contribution < -0.4 is 11.5 Å². The first-order valence-electron chi connectivity index (χ1n) is 7.09. The van der Waals surface area contributed by atoms with Crippen LogP contribution in [0.25, 0.3) is 11.1 Å². The molecule has 2 aromatic rings. The minimum absolute atomic E-state index is 0.0676. The molecule has 1 atom stereocenters. The molecule has 0 amide bonds. The van der Waals surface area contributed by atoms with Crippen LogP contribution in [0.15, 0.2) is 27.4 Å². The second-order valence-corrected chi connectivity index (χ2v) is 5.46. The lowest BCUT2D eigenvalue weighted by atomic mass is 9.77. The van der Waals surface area contributed by atoms with Gasteiger partial charge in [-0.1, -0.05) is 19.4 Å². The Labute approximate surface area is 112 Å². The van der Waals surface area contributed by atoms with E-state index in [2.05, 4.69) is 0 Å². The minimum Gasteiger partial charge on any atom is -0.408 e. The minimum atomic E-state index is -0.272. The number of oxazole rings is 1. The van der Waals surface area contributed by atoms with Crippen molar-refractivity contribution in [2.24, 2.45) is 11.7 Å². The lowest BCUT2D eigenvalue weighted by molar-refractivity contribution is 0.264. The largest absolute Gasteiger partial charge is 0.419 e. The van der Waals surface area contributed by atoms with Crippen molar-refractivity contribution >= 4 is 11.1 Å². The van der Waals surface area contributed by atoms with Gasteiger partial charge in [0.05, 0.1) is 5.52 Å². The van der Waals surface area contributed by atoms with Gasteiger partial charge in [-0.3, -0.25) is 4.57 Å². The van der Waals surface area contributed by atoms with Crippen molar-refractivity contribution in [3.63, 3.8) is 0 Å². The molecule has 0 spiro atoms. The van der Waals surface area contributed by atoms with E-state index in [1.807, 2.05) is 25.1 Å². The van der Waals surface area contributed by atoms with Crippen LogP contribution in [-0.2, 0) is 6.54 Å². The van der Waals surface area contributed by atoms with E-state index >= 15 is 0 Å². The fourth-order valence-corrected chi connectivity index (χ4v) is 2.80.